The van der Waals surface area contributed by atoms with Gasteiger partial charge in [0.15, 0.2) is 5.96 Å². The van der Waals surface area contributed by atoms with Crippen LogP contribution in [0.25, 0.3) is 10.9 Å². The highest BCUT2D eigenvalue weighted by Crippen LogP contribution is 2.20. The molecule has 0 saturated heterocycles. The number of rotatable bonds is 31. The molecule has 3 aromatic rings. The first-order chi connectivity index (χ1) is 35.0. The summed E-state index contributed by atoms with van der Waals surface area (Å²) in [5.41, 5.74) is 19.0. The number of hydrogen-bond acceptors (Lipinski definition) is 13. The SMILES string of the molecule is CC[C@H](C)[C@H](N)C(=O)N[C@@H](Cc1ccc(O)cc1)C(=O)N[C@@H](CS)C(=O)N[C@@H](CO)C(=O)N[C@@H](Cc1c[nH]c2ccccc12)C(=O)N[C@@H](CC(C)C)C(=O)N[C@@H](CCCN=C(N)N)C(=O)N[C@@H](CC(C)C)C(=O)O. The number of para-hydroxylation sites is 1. The Labute approximate surface area is 436 Å². The van der Waals surface area contributed by atoms with E-state index in [1.807, 2.05) is 6.92 Å². The third-order valence-corrected chi connectivity index (χ3v) is 12.5. The van der Waals surface area contributed by atoms with E-state index in [0.29, 0.717) is 22.9 Å². The highest BCUT2D eigenvalue weighted by atomic mass is 32.1. The van der Waals surface area contributed by atoms with Crippen molar-refractivity contribution in [2.45, 2.75) is 135 Å². The van der Waals surface area contributed by atoms with Crippen LogP contribution in [0.5, 0.6) is 5.75 Å². The highest BCUT2D eigenvalue weighted by Gasteiger charge is 2.35. The third-order valence-electron chi connectivity index (χ3n) is 12.2. The number of carboxylic acids is 1. The Hall–Kier alpha value is -6.92. The van der Waals surface area contributed by atoms with Crippen molar-refractivity contribution in [3.63, 3.8) is 0 Å². The molecular weight excluding hydrogens is 977 g/mol. The van der Waals surface area contributed by atoms with E-state index >= 15 is 0 Å². The zero-order valence-corrected chi connectivity index (χ0v) is 43.7. The number of fused-ring (bicyclic) bond motifs is 1. The number of nitrogens with zero attached hydrogens (tertiary/aromatic N) is 1. The van der Waals surface area contributed by atoms with Crippen LogP contribution in [0.1, 0.15) is 84.8 Å². The van der Waals surface area contributed by atoms with Crippen LogP contribution in [0.4, 0.5) is 0 Å². The van der Waals surface area contributed by atoms with Crippen molar-refractivity contribution >= 4 is 76.8 Å². The standard InChI is InChI=1S/C50H76N12O11S/c1-7-28(6)41(51)48(71)59-36(21-29-14-16-31(64)17-15-29)44(67)62-40(25-74)47(70)61-39(24-63)46(69)58-37(22-30-23-55-33-12-9-8-11-32(30)33)45(68)57-35(19-26(2)3)43(66)56-34(13-10-18-54-50(52)53)42(65)60-38(49(72)73)20-27(4)5/h8-9,11-12,14-17,23,26-28,34-41,55,63-64,74H,7,10,13,18-22,24-25,51H2,1-6H3,(H,56,66)(H,57,68)(H,58,69)(H,59,71)(H,60,65)(H,61,70)(H,62,67)(H,72,73)(H4,52,53,54)/t28-,34-,35-,36-,37-,38-,39-,40-,41-/m0/s1. The lowest BCUT2D eigenvalue weighted by atomic mass is 9.98. The van der Waals surface area contributed by atoms with Crippen molar-refractivity contribution in [2.75, 3.05) is 18.9 Å². The molecule has 0 spiro atoms. The lowest BCUT2D eigenvalue weighted by molar-refractivity contribution is -0.143. The summed E-state index contributed by atoms with van der Waals surface area (Å²) in [5, 5.41) is 49.0. The van der Waals surface area contributed by atoms with Gasteiger partial charge in [-0.3, -0.25) is 38.6 Å². The zero-order chi connectivity index (χ0) is 55.2. The number of aliphatic hydroxyl groups is 1. The molecule has 7 amide bonds. The first-order valence-electron chi connectivity index (χ1n) is 24.7. The molecule has 2 aromatic carbocycles. The number of hydrogen-bond donors (Lipinski definition) is 15. The Bertz CT molecular complexity index is 2400. The fraction of sp³-hybridized carbons (Fsp3) is 0.540. The lowest BCUT2D eigenvalue weighted by Gasteiger charge is -2.28. The van der Waals surface area contributed by atoms with Crippen LogP contribution in [-0.2, 0) is 51.2 Å². The van der Waals surface area contributed by atoms with Crippen LogP contribution in [0.15, 0.2) is 59.7 Å². The molecule has 408 valence electrons. The summed E-state index contributed by atoms with van der Waals surface area (Å²) < 4.78 is 0. The average Bonchev–Trinajstić information content (AvgIpc) is 3.76. The van der Waals surface area contributed by atoms with E-state index in [9.17, 15) is 53.7 Å². The minimum Gasteiger partial charge on any atom is -0.508 e. The number of aliphatic imine (C=N–C) groups is 1. The van der Waals surface area contributed by atoms with Gasteiger partial charge in [0.05, 0.1) is 12.6 Å². The molecule has 1 aromatic heterocycles. The molecule has 24 heteroatoms. The predicted molar refractivity (Wildman–Crippen MR) is 282 cm³/mol. The maximum absolute atomic E-state index is 14.5. The molecule has 0 bridgehead atoms. The van der Waals surface area contributed by atoms with Gasteiger partial charge in [-0.1, -0.05) is 78.3 Å². The van der Waals surface area contributed by atoms with E-state index in [0.717, 1.165) is 5.52 Å². The van der Waals surface area contributed by atoms with Crippen molar-refractivity contribution in [2.24, 2.45) is 39.9 Å². The van der Waals surface area contributed by atoms with Gasteiger partial charge < -0.3 is 74.7 Å². The van der Waals surface area contributed by atoms with E-state index in [4.69, 9.17) is 17.2 Å². The minimum absolute atomic E-state index is 0.0139. The largest absolute Gasteiger partial charge is 0.508 e. The monoisotopic (exact) mass is 1050 g/mol. The molecule has 17 N–H and O–H groups in total. The summed E-state index contributed by atoms with van der Waals surface area (Å²) in [6, 6.07) is 2.49. The van der Waals surface area contributed by atoms with Crippen molar-refractivity contribution < 1.29 is 53.7 Å². The Kier molecular flexibility index (Phi) is 25.1. The van der Waals surface area contributed by atoms with Gasteiger partial charge in [0.25, 0.3) is 0 Å². The number of benzene rings is 2. The molecule has 0 saturated carbocycles. The number of aliphatic carboxylic acids is 1. The number of amides is 7. The highest BCUT2D eigenvalue weighted by molar-refractivity contribution is 7.80. The number of phenolic OH excluding ortho intramolecular Hbond substituents is 1. The number of carbonyl (C=O) groups is 8. The van der Waals surface area contributed by atoms with Gasteiger partial charge in [0, 0.05) is 42.2 Å². The number of carboxylic acid groups (broad SMARTS) is 1. The Morgan fingerprint density at radius 1 is 0.649 bits per heavy atom. The number of nitrogens with two attached hydrogens (primary N) is 3. The minimum atomic E-state index is -1.70. The van der Waals surface area contributed by atoms with E-state index < -0.39 is 102 Å². The second-order valence-electron chi connectivity index (χ2n) is 19.2. The van der Waals surface area contributed by atoms with Crippen LogP contribution in [0.2, 0.25) is 0 Å². The summed E-state index contributed by atoms with van der Waals surface area (Å²) in [5.74, 6) is -8.10. The summed E-state index contributed by atoms with van der Waals surface area (Å²) in [6.07, 6.45) is 2.36. The first kappa shape index (κ1) is 61.4. The smallest absolute Gasteiger partial charge is 0.326 e. The molecule has 3 rings (SSSR count). The number of phenols is 1. The van der Waals surface area contributed by atoms with Crippen LogP contribution in [0.3, 0.4) is 0 Å². The molecule has 0 aliphatic heterocycles. The number of H-pyrrole nitrogens is 1. The van der Waals surface area contributed by atoms with Crippen molar-refractivity contribution in [1.29, 1.82) is 0 Å². The van der Waals surface area contributed by atoms with E-state index in [2.05, 4.69) is 59.8 Å². The van der Waals surface area contributed by atoms with Crippen molar-refractivity contribution in [3.05, 3.63) is 65.9 Å². The number of carbonyl (C=O) groups excluding carboxylic acids is 7. The van der Waals surface area contributed by atoms with Gasteiger partial charge in [-0.05, 0) is 72.8 Å². The Morgan fingerprint density at radius 3 is 1.72 bits per heavy atom. The Morgan fingerprint density at radius 2 is 1.14 bits per heavy atom. The first-order valence-corrected chi connectivity index (χ1v) is 25.3. The second kappa shape index (κ2) is 30.3. The quantitative estimate of drug-likeness (QED) is 0.0169. The number of nitrogens with one attached hydrogen (secondary N) is 8. The van der Waals surface area contributed by atoms with Crippen LogP contribution < -0.4 is 54.4 Å². The lowest BCUT2D eigenvalue weighted by Crippen LogP contribution is -2.61. The fourth-order valence-electron chi connectivity index (χ4n) is 7.78. The number of aromatic hydroxyl groups is 1. The zero-order valence-electron chi connectivity index (χ0n) is 42.9. The number of aromatic nitrogens is 1. The topological polar surface area (TPSA) is 388 Å². The molecule has 0 radical (unpaired) electrons. The maximum atomic E-state index is 14.5. The Balaban J connectivity index is 1.91. The van der Waals surface area contributed by atoms with Gasteiger partial charge in [-0.25, -0.2) is 4.79 Å². The summed E-state index contributed by atoms with van der Waals surface area (Å²) in [6.45, 7) is 9.94. The van der Waals surface area contributed by atoms with Crippen molar-refractivity contribution in [3.8, 4) is 5.75 Å². The maximum Gasteiger partial charge on any atom is 0.326 e. The number of aliphatic hydroxyl groups excluding tert-OH is 1. The summed E-state index contributed by atoms with van der Waals surface area (Å²) in [7, 11) is 0. The molecule has 0 aliphatic carbocycles. The molecule has 0 fully saturated rings. The van der Waals surface area contributed by atoms with E-state index in [1.54, 1.807) is 77.2 Å². The number of aromatic amines is 1. The molecule has 0 unspecified atom stereocenters. The van der Waals surface area contributed by atoms with Crippen LogP contribution >= 0.6 is 12.6 Å². The number of guanidine groups is 1. The molecular formula is C50H76N12O11S. The van der Waals surface area contributed by atoms with Gasteiger partial charge in [-0.15, -0.1) is 0 Å². The summed E-state index contributed by atoms with van der Waals surface area (Å²) >= 11 is 4.26. The fourth-order valence-corrected chi connectivity index (χ4v) is 8.03. The second-order valence-corrected chi connectivity index (χ2v) is 19.6. The van der Waals surface area contributed by atoms with Crippen molar-refractivity contribution in [1.82, 2.24) is 42.2 Å². The predicted octanol–water partition coefficient (Wildman–Crippen LogP) is -0.422. The van der Waals surface area contributed by atoms with E-state index in [1.165, 1.54) is 12.1 Å². The van der Waals surface area contributed by atoms with Crippen LogP contribution in [0, 0.1) is 17.8 Å². The molecule has 9 atom stereocenters. The van der Waals surface area contributed by atoms with Crippen LogP contribution in [-0.4, -0.2) is 141 Å². The molecule has 1 heterocycles. The average molecular weight is 1050 g/mol. The van der Waals surface area contributed by atoms with Gasteiger partial charge in [0.2, 0.25) is 41.4 Å². The molecule has 0 aliphatic rings. The molecule has 23 nitrogen and oxygen atoms in total. The van der Waals surface area contributed by atoms with E-state index in [-0.39, 0.29) is 80.3 Å². The van der Waals surface area contributed by atoms with Gasteiger partial charge in [-0.2, -0.15) is 12.6 Å². The third kappa shape index (κ3) is 19.8. The van der Waals surface area contributed by atoms with Gasteiger partial charge >= 0.3 is 5.97 Å². The van der Waals surface area contributed by atoms with Gasteiger partial charge in [0.1, 0.15) is 48.0 Å². The normalized spacial score (nSPS) is 15.0. The number of thiol groups is 1. The molecule has 74 heavy (non-hydrogen) atoms. The summed E-state index contributed by atoms with van der Waals surface area (Å²) in [4.78, 5) is 116.